The van der Waals surface area contributed by atoms with Gasteiger partial charge in [0.15, 0.2) is 0 Å². The first-order valence-electron chi connectivity index (χ1n) is 6.51. The molecule has 6 nitrogen and oxygen atoms in total. The Labute approximate surface area is 138 Å². The molecule has 0 spiro atoms. The van der Waals surface area contributed by atoms with Crippen molar-refractivity contribution >= 4 is 27.5 Å². The zero-order valence-electron chi connectivity index (χ0n) is 11.6. The van der Waals surface area contributed by atoms with Crippen molar-refractivity contribution in [2.45, 2.75) is 0 Å². The Morgan fingerprint density at radius 2 is 2.22 bits per heavy atom. The Morgan fingerprint density at radius 3 is 2.96 bits per heavy atom. The normalized spacial score (nSPS) is 10.3. The zero-order chi connectivity index (χ0) is 16.2. The van der Waals surface area contributed by atoms with Gasteiger partial charge in [-0.2, -0.15) is 5.10 Å². The number of ether oxygens (including phenoxy) is 1. The number of carbonyl (C=O) groups is 1. The van der Waals surface area contributed by atoms with Crippen molar-refractivity contribution in [1.29, 1.82) is 0 Å². The fourth-order valence-electron chi connectivity index (χ4n) is 1.82. The number of aromatic amines is 1. The van der Waals surface area contributed by atoms with Gasteiger partial charge in [-0.1, -0.05) is 0 Å². The van der Waals surface area contributed by atoms with Gasteiger partial charge < -0.3 is 10.1 Å². The van der Waals surface area contributed by atoms with E-state index < -0.39 is 11.7 Å². The molecule has 0 aliphatic carbocycles. The molecule has 0 aliphatic rings. The van der Waals surface area contributed by atoms with Gasteiger partial charge in [-0.25, -0.2) is 9.37 Å². The Balaban J connectivity index is 1.87. The van der Waals surface area contributed by atoms with E-state index in [4.69, 9.17) is 4.74 Å². The molecule has 1 aromatic carbocycles. The standard InChI is InChI=1S/C15H10BrFN4O2/c16-12-6-9(17)3-4-13(12)23-15-11(2-1-5-18-15)14(22)21-10-7-19-20-8-10/h1-8H,(H,19,20)(H,21,22). The Morgan fingerprint density at radius 1 is 1.35 bits per heavy atom. The number of nitrogens with one attached hydrogen (secondary N) is 2. The van der Waals surface area contributed by atoms with E-state index in [-0.39, 0.29) is 11.4 Å². The number of benzene rings is 1. The molecular formula is C15H10BrFN4O2. The lowest BCUT2D eigenvalue weighted by atomic mass is 10.2. The molecule has 2 heterocycles. The number of pyridine rings is 1. The van der Waals surface area contributed by atoms with Gasteiger partial charge in [-0.05, 0) is 46.3 Å². The van der Waals surface area contributed by atoms with Crippen molar-refractivity contribution in [2.24, 2.45) is 0 Å². The van der Waals surface area contributed by atoms with Crippen LogP contribution in [-0.2, 0) is 0 Å². The van der Waals surface area contributed by atoms with Crippen LogP contribution < -0.4 is 10.1 Å². The van der Waals surface area contributed by atoms with Gasteiger partial charge in [0.25, 0.3) is 5.91 Å². The number of rotatable bonds is 4. The number of H-pyrrole nitrogens is 1. The van der Waals surface area contributed by atoms with E-state index in [1.165, 1.54) is 30.6 Å². The van der Waals surface area contributed by atoms with Crippen molar-refractivity contribution in [3.05, 3.63) is 64.8 Å². The molecule has 23 heavy (non-hydrogen) atoms. The second-order valence-electron chi connectivity index (χ2n) is 4.47. The van der Waals surface area contributed by atoms with Crippen LogP contribution in [0.2, 0.25) is 0 Å². The second kappa shape index (κ2) is 6.57. The molecule has 116 valence electrons. The molecule has 0 aliphatic heterocycles. The van der Waals surface area contributed by atoms with Crippen LogP contribution in [0.25, 0.3) is 0 Å². The predicted octanol–water partition coefficient (Wildman–Crippen LogP) is 3.75. The summed E-state index contributed by atoms with van der Waals surface area (Å²) in [6, 6.07) is 7.18. The molecule has 3 rings (SSSR count). The number of hydrogen-bond donors (Lipinski definition) is 2. The fraction of sp³-hybridized carbons (Fsp3) is 0. The molecule has 0 saturated heterocycles. The fourth-order valence-corrected chi connectivity index (χ4v) is 2.26. The third-order valence-corrected chi connectivity index (χ3v) is 3.49. The molecular weight excluding hydrogens is 367 g/mol. The summed E-state index contributed by atoms with van der Waals surface area (Å²) in [5.74, 6) is -0.334. The van der Waals surface area contributed by atoms with Crippen LogP contribution in [0.5, 0.6) is 11.6 Å². The highest BCUT2D eigenvalue weighted by Crippen LogP contribution is 2.31. The molecule has 2 N–H and O–H groups in total. The number of aromatic nitrogens is 3. The minimum atomic E-state index is -0.400. The number of nitrogens with zero attached hydrogens (tertiary/aromatic N) is 2. The van der Waals surface area contributed by atoms with Crippen LogP contribution in [0.3, 0.4) is 0 Å². The van der Waals surface area contributed by atoms with Crippen molar-refractivity contribution < 1.29 is 13.9 Å². The molecule has 8 heteroatoms. The van der Waals surface area contributed by atoms with Gasteiger partial charge >= 0.3 is 0 Å². The summed E-state index contributed by atoms with van der Waals surface area (Å²) in [6.45, 7) is 0. The minimum absolute atomic E-state index is 0.112. The summed E-state index contributed by atoms with van der Waals surface area (Å²) in [6.07, 6.45) is 4.53. The molecule has 0 bridgehead atoms. The molecule has 2 aromatic heterocycles. The third kappa shape index (κ3) is 3.54. The highest BCUT2D eigenvalue weighted by Gasteiger charge is 2.16. The van der Waals surface area contributed by atoms with E-state index in [1.807, 2.05) is 0 Å². The predicted molar refractivity (Wildman–Crippen MR) is 85.0 cm³/mol. The van der Waals surface area contributed by atoms with Gasteiger partial charge in [-0.3, -0.25) is 9.89 Å². The van der Waals surface area contributed by atoms with Gasteiger partial charge in [0.2, 0.25) is 5.88 Å². The third-order valence-electron chi connectivity index (χ3n) is 2.87. The lowest BCUT2D eigenvalue weighted by Gasteiger charge is -2.10. The maximum Gasteiger partial charge on any atom is 0.261 e. The minimum Gasteiger partial charge on any atom is -0.437 e. The van der Waals surface area contributed by atoms with Crippen LogP contribution in [0.1, 0.15) is 10.4 Å². The van der Waals surface area contributed by atoms with Crippen LogP contribution in [0.15, 0.2) is 53.4 Å². The maximum atomic E-state index is 13.1. The van der Waals surface area contributed by atoms with E-state index in [2.05, 4.69) is 36.4 Å². The number of amides is 1. The largest absolute Gasteiger partial charge is 0.437 e. The average Bonchev–Trinajstić information content (AvgIpc) is 3.03. The number of anilines is 1. The van der Waals surface area contributed by atoms with E-state index in [0.717, 1.165) is 0 Å². The summed E-state index contributed by atoms with van der Waals surface area (Å²) < 4.78 is 19.2. The summed E-state index contributed by atoms with van der Waals surface area (Å²) in [7, 11) is 0. The van der Waals surface area contributed by atoms with Gasteiger partial charge in [0.1, 0.15) is 17.1 Å². The topological polar surface area (TPSA) is 79.9 Å². The van der Waals surface area contributed by atoms with Crippen LogP contribution in [0, 0.1) is 5.82 Å². The summed E-state index contributed by atoms with van der Waals surface area (Å²) in [5.41, 5.74) is 0.762. The van der Waals surface area contributed by atoms with Crippen LogP contribution >= 0.6 is 15.9 Å². The number of carbonyl (C=O) groups excluding carboxylic acids is 1. The molecule has 1 amide bonds. The first-order chi connectivity index (χ1) is 11.1. The first kappa shape index (κ1) is 15.2. The molecule has 0 atom stereocenters. The lowest BCUT2D eigenvalue weighted by Crippen LogP contribution is -2.13. The molecule has 0 saturated carbocycles. The summed E-state index contributed by atoms with van der Waals surface area (Å²) >= 11 is 3.21. The van der Waals surface area contributed by atoms with E-state index in [1.54, 1.807) is 18.3 Å². The smallest absolute Gasteiger partial charge is 0.261 e. The van der Waals surface area contributed by atoms with Crippen LogP contribution in [0.4, 0.5) is 10.1 Å². The van der Waals surface area contributed by atoms with E-state index >= 15 is 0 Å². The Hall–Kier alpha value is -2.74. The maximum absolute atomic E-state index is 13.1. The first-order valence-corrected chi connectivity index (χ1v) is 7.31. The summed E-state index contributed by atoms with van der Waals surface area (Å²) in [5, 5.41) is 9.01. The van der Waals surface area contributed by atoms with E-state index in [0.29, 0.717) is 15.9 Å². The quantitative estimate of drug-likeness (QED) is 0.726. The number of hydrogen-bond acceptors (Lipinski definition) is 4. The Kier molecular flexibility index (Phi) is 4.33. The Bertz CT molecular complexity index is 839. The van der Waals surface area contributed by atoms with Crippen molar-refractivity contribution in [3.8, 4) is 11.6 Å². The second-order valence-corrected chi connectivity index (χ2v) is 5.33. The SMILES string of the molecule is O=C(Nc1cn[nH]c1)c1cccnc1Oc1ccc(F)cc1Br. The zero-order valence-corrected chi connectivity index (χ0v) is 13.2. The lowest BCUT2D eigenvalue weighted by molar-refractivity contribution is 0.102. The van der Waals surface area contributed by atoms with Crippen molar-refractivity contribution in [2.75, 3.05) is 5.32 Å². The van der Waals surface area contributed by atoms with E-state index in [9.17, 15) is 9.18 Å². The van der Waals surface area contributed by atoms with Crippen molar-refractivity contribution in [3.63, 3.8) is 0 Å². The molecule has 3 aromatic rings. The van der Waals surface area contributed by atoms with Crippen molar-refractivity contribution in [1.82, 2.24) is 15.2 Å². The highest BCUT2D eigenvalue weighted by molar-refractivity contribution is 9.10. The van der Waals surface area contributed by atoms with Gasteiger partial charge in [-0.15, -0.1) is 0 Å². The molecule has 0 fully saturated rings. The average molecular weight is 377 g/mol. The molecule has 0 radical (unpaired) electrons. The highest BCUT2D eigenvalue weighted by atomic mass is 79.9. The monoisotopic (exact) mass is 376 g/mol. The van der Waals surface area contributed by atoms with Gasteiger partial charge in [0.05, 0.1) is 16.4 Å². The number of halogens is 2. The summed E-state index contributed by atoms with van der Waals surface area (Å²) in [4.78, 5) is 16.4. The van der Waals surface area contributed by atoms with Crippen LogP contribution in [-0.4, -0.2) is 21.1 Å². The van der Waals surface area contributed by atoms with Gasteiger partial charge in [0, 0.05) is 12.4 Å². The molecule has 0 unspecified atom stereocenters.